The van der Waals surface area contributed by atoms with Crippen LogP contribution in [-0.2, 0) is 6.54 Å². The highest BCUT2D eigenvalue weighted by molar-refractivity contribution is 5.90. The van der Waals surface area contributed by atoms with Gasteiger partial charge >= 0.3 is 6.03 Å². The molecule has 0 bridgehead atoms. The highest BCUT2D eigenvalue weighted by atomic mass is 19.1. The molecule has 0 aliphatic rings. The number of hydrogen-bond donors (Lipinski definition) is 1. The van der Waals surface area contributed by atoms with Crippen molar-refractivity contribution >= 4 is 11.7 Å². The molecule has 140 valence electrons. The van der Waals surface area contributed by atoms with Crippen LogP contribution >= 0.6 is 0 Å². The van der Waals surface area contributed by atoms with Crippen molar-refractivity contribution in [3.63, 3.8) is 0 Å². The topological polar surface area (TPSA) is 50.2 Å². The number of halogens is 1. The van der Waals surface area contributed by atoms with E-state index in [-0.39, 0.29) is 11.8 Å². The van der Waals surface area contributed by atoms with Gasteiger partial charge in [-0.3, -0.25) is 0 Å². The number of nitrogens with zero attached hydrogens (tertiary/aromatic N) is 3. The van der Waals surface area contributed by atoms with Crippen LogP contribution in [0.3, 0.4) is 0 Å². The fourth-order valence-electron chi connectivity index (χ4n) is 3.01. The van der Waals surface area contributed by atoms with Gasteiger partial charge in [0.15, 0.2) is 0 Å². The van der Waals surface area contributed by atoms with Gasteiger partial charge in [-0.2, -0.15) is 5.10 Å². The van der Waals surface area contributed by atoms with Crippen molar-refractivity contribution in [2.45, 2.75) is 27.3 Å². The molecule has 0 saturated heterocycles. The van der Waals surface area contributed by atoms with Gasteiger partial charge in [-0.15, -0.1) is 0 Å². The van der Waals surface area contributed by atoms with Gasteiger partial charge in [0.1, 0.15) is 5.82 Å². The van der Waals surface area contributed by atoms with Crippen LogP contribution in [0, 0.1) is 19.7 Å². The van der Waals surface area contributed by atoms with E-state index in [9.17, 15) is 9.18 Å². The molecular weight excluding hydrogens is 343 g/mol. The van der Waals surface area contributed by atoms with E-state index in [2.05, 4.69) is 10.4 Å². The number of benzene rings is 2. The van der Waals surface area contributed by atoms with Crippen LogP contribution in [0.4, 0.5) is 14.9 Å². The second-order valence-electron chi connectivity index (χ2n) is 6.37. The molecule has 6 heteroatoms. The summed E-state index contributed by atoms with van der Waals surface area (Å²) < 4.78 is 15.2. The molecular formula is C21H23FN4O. The zero-order valence-corrected chi connectivity index (χ0v) is 15.7. The number of carbonyl (C=O) groups excluding carboxylic acids is 1. The van der Waals surface area contributed by atoms with Gasteiger partial charge in [-0.1, -0.05) is 30.3 Å². The van der Waals surface area contributed by atoms with Crippen LogP contribution in [-0.4, -0.2) is 27.3 Å². The Bertz CT molecular complexity index is 937. The molecule has 0 fully saturated rings. The number of aromatic nitrogens is 2. The first-order valence-corrected chi connectivity index (χ1v) is 8.91. The van der Waals surface area contributed by atoms with E-state index in [0.717, 1.165) is 22.6 Å². The third kappa shape index (κ3) is 4.16. The van der Waals surface area contributed by atoms with Gasteiger partial charge in [0.2, 0.25) is 0 Å². The molecule has 0 aliphatic heterocycles. The molecule has 0 atom stereocenters. The standard InChI is InChI=1S/C21H23FN4O/c1-4-25(14-17-9-8-10-18(22)13-17)21(27)23-20-15(2)24-26(16(20)3)19-11-6-5-7-12-19/h5-13H,4,14H2,1-3H3,(H,23,27). The average Bonchev–Trinajstić information content (AvgIpc) is 2.95. The summed E-state index contributed by atoms with van der Waals surface area (Å²) in [5.41, 5.74) is 3.98. The first-order valence-electron chi connectivity index (χ1n) is 8.91. The molecule has 0 spiro atoms. The maximum absolute atomic E-state index is 13.4. The molecule has 3 aromatic rings. The Morgan fingerprint density at radius 2 is 1.89 bits per heavy atom. The molecule has 1 heterocycles. The molecule has 3 rings (SSSR count). The first-order chi connectivity index (χ1) is 13.0. The fraction of sp³-hybridized carbons (Fsp3) is 0.238. The molecule has 0 saturated carbocycles. The van der Waals surface area contributed by atoms with Crippen LogP contribution in [0.5, 0.6) is 0 Å². The maximum atomic E-state index is 13.4. The summed E-state index contributed by atoms with van der Waals surface area (Å²) >= 11 is 0. The first kappa shape index (κ1) is 18.6. The number of urea groups is 1. The Labute approximate surface area is 158 Å². The molecule has 2 aromatic carbocycles. The Balaban J connectivity index is 1.79. The van der Waals surface area contributed by atoms with Crippen molar-refractivity contribution < 1.29 is 9.18 Å². The van der Waals surface area contributed by atoms with Gasteiger partial charge in [0.25, 0.3) is 0 Å². The Hall–Kier alpha value is -3.15. The van der Waals surface area contributed by atoms with E-state index in [1.54, 1.807) is 11.0 Å². The van der Waals surface area contributed by atoms with Gasteiger partial charge < -0.3 is 10.2 Å². The molecule has 0 unspecified atom stereocenters. The number of nitrogens with one attached hydrogen (secondary N) is 1. The number of carbonyl (C=O) groups is 1. The van der Waals surface area contributed by atoms with Crippen molar-refractivity contribution in [3.8, 4) is 5.69 Å². The van der Waals surface area contributed by atoms with Crippen LogP contribution in [0.2, 0.25) is 0 Å². The second-order valence-corrected chi connectivity index (χ2v) is 6.37. The summed E-state index contributed by atoms with van der Waals surface area (Å²) in [7, 11) is 0. The van der Waals surface area contributed by atoms with Crippen molar-refractivity contribution in [1.29, 1.82) is 0 Å². The summed E-state index contributed by atoms with van der Waals surface area (Å²) in [6.45, 7) is 6.53. The monoisotopic (exact) mass is 366 g/mol. The summed E-state index contributed by atoms with van der Waals surface area (Å²) in [5, 5.41) is 7.51. The minimum Gasteiger partial charge on any atom is -0.320 e. The quantitative estimate of drug-likeness (QED) is 0.713. The minimum atomic E-state index is -0.306. The predicted octanol–water partition coefficient (Wildman–Crippen LogP) is 4.68. The lowest BCUT2D eigenvalue weighted by Gasteiger charge is -2.21. The van der Waals surface area contributed by atoms with E-state index < -0.39 is 0 Å². The highest BCUT2D eigenvalue weighted by Crippen LogP contribution is 2.23. The molecule has 2 amide bonds. The fourth-order valence-corrected chi connectivity index (χ4v) is 3.01. The summed E-state index contributed by atoms with van der Waals surface area (Å²) in [5.74, 6) is -0.306. The number of anilines is 1. The van der Waals surface area contributed by atoms with Crippen molar-refractivity contribution in [3.05, 3.63) is 77.4 Å². The van der Waals surface area contributed by atoms with E-state index in [1.165, 1.54) is 12.1 Å². The summed E-state index contributed by atoms with van der Waals surface area (Å²) in [6, 6.07) is 15.8. The molecule has 27 heavy (non-hydrogen) atoms. The molecule has 1 aromatic heterocycles. The molecule has 0 aliphatic carbocycles. The van der Waals surface area contributed by atoms with Crippen LogP contribution in [0.25, 0.3) is 5.69 Å². The molecule has 0 radical (unpaired) electrons. The summed E-state index contributed by atoms with van der Waals surface area (Å²) in [6.07, 6.45) is 0. The minimum absolute atomic E-state index is 0.236. The van der Waals surface area contributed by atoms with Gasteiger partial charge in [0.05, 0.1) is 22.8 Å². The lowest BCUT2D eigenvalue weighted by Crippen LogP contribution is -2.34. The Morgan fingerprint density at radius 1 is 1.15 bits per heavy atom. The van der Waals surface area contributed by atoms with Crippen LogP contribution in [0.15, 0.2) is 54.6 Å². The Morgan fingerprint density at radius 3 is 2.56 bits per heavy atom. The zero-order valence-electron chi connectivity index (χ0n) is 15.7. The number of amides is 2. The lowest BCUT2D eigenvalue weighted by molar-refractivity contribution is 0.212. The zero-order chi connectivity index (χ0) is 19.4. The molecule has 5 nitrogen and oxygen atoms in total. The third-order valence-electron chi connectivity index (χ3n) is 4.46. The molecule has 1 N–H and O–H groups in total. The van der Waals surface area contributed by atoms with E-state index in [1.807, 2.05) is 61.9 Å². The number of aryl methyl sites for hydroxylation is 1. The summed E-state index contributed by atoms with van der Waals surface area (Å²) in [4.78, 5) is 14.4. The van der Waals surface area contributed by atoms with Crippen molar-refractivity contribution in [1.82, 2.24) is 14.7 Å². The van der Waals surface area contributed by atoms with E-state index in [4.69, 9.17) is 0 Å². The van der Waals surface area contributed by atoms with Gasteiger partial charge in [-0.05, 0) is 50.6 Å². The van der Waals surface area contributed by atoms with Crippen LogP contribution < -0.4 is 5.32 Å². The highest BCUT2D eigenvalue weighted by Gasteiger charge is 2.18. The van der Waals surface area contributed by atoms with E-state index in [0.29, 0.717) is 18.8 Å². The maximum Gasteiger partial charge on any atom is 0.322 e. The third-order valence-corrected chi connectivity index (χ3v) is 4.46. The number of rotatable bonds is 5. The predicted molar refractivity (Wildman–Crippen MR) is 105 cm³/mol. The largest absolute Gasteiger partial charge is 0.322 e. The number of hydrogen-bond acceptors (Lipinski definition) is 2. The Kier molecular flexibility index (Phi) is 5.54. The average molecular weight is 366 g/mol. The van der Waals surface area contributed by atoms with Crippen molar-refractivity contribution in [2.24, 2.45) is 0 Å². The van der Waals surface area contributed by atoms with Gasteiger partial charge in [0, 0.05) is 13.1 Å². The van der Waals surface area contributed by atoms with Crippen LogP contribution in [0.1, 0.15) is 23.9 Å². The van der Waals surface area contributed by atoms with Crippen molar-refractivity contribution in [2.75, 3.05) is 11.9 Å². The van der Waals surface area contributed by atoms with Gasteiger partial charge in [-0.25, -0.2) is 13.9 Å². The smallest absolute Gasteiger partial charge is 0.320 e. The number of para-hydroxylation sites is 1. The second kappa shape index (κ2) is 8.03. The SMILES string of the molecule is CCN(Cc1cccc(F)c1)C(=O)Nc1c(C)nn(-c2ccccc2)c1C. The normalized spacial score (nSPS) is 10.7. The lowest BCUT2D eigenvalue weighted by atomic mass is 10.2. The van der Waals surface area contributed by atoms with E-state index >= 15 is 0 Å².